The summed E-state index contributed by atoms with van der Waals surface area (Å²) in [5.41, 5.74) is 2.37. The van der Waals surface area contributed by atoms with Crippen LogP contribution in [0.4, 0.5) is 17.1 Å². The van der Waals surface area contributed by atoms with Crippen molar-refractivity contribution in [1.29, 1.82) is 0 Å². The number of hydrogen-bond acceptors (Lipinski definition) is 6. The summed E-state index contributed by atoms with van der Waals surface area (Å²) in [5.74, 6) is -0.471. The van der Waals surface area contributed by atoms with Crippen LogP contribution in [0.3, 0.4) is 0 Å². The number of aryl methyl sites for hydroxylation is 1. The fourth-order valence-corrected chi connectivity index (χ4v) is 4.97. The van der Waals surface area contributed by atoms with Crippen LogP contribution in [0.15, 0.2) is 42.5 Å². The second kappa shape index (κ2) is 11.1. The number of rotatable bonds is 11. The van der Waals surface area contributed by atoms with Crippen molar-refractivity contribution in [2.24, 2.45) is 0 Å². The largest absolute Gasteiger partial charge is 0.372 e. The average Bonchev–Trinajstić information content (AvgIpc) is 2.77. The maximum absolute atomic E-state index is 13.0. The van der Waals surface area contributed by atoms with Crippen LogP contribution in [0, 0.1) is 17.0 Å². The van der Waals surface area contributed by atoms with Gasteiger partial charge in [-0.25, -0.2) is 8.42 Å². The third-order valence-corrected chi connectivity index (χ3v) is 6.67. The van der Waals surface area contributed by atoms with E-state index in [0.717, 1.165) is 34.9 Å². The first kappa shape index (κ1) is 26.1. The Bertz CT molecular complexity index is 1080. The lowest BCUT2D eigenvalue weighted by Gasteiger charge is -2.31. The molecule has 0 radical (unpaired) electrons. The van der Waals surface area contributed by atoms with E-state index in [9.17, 15) is 23.3 Å². The van der Waals surface area contributed by atoms with Crippen LogP contribution in [-0.2, 0) is 21.4 Å². The van der Waals surface area contributed by atoms with Crippen LogP contribution in [0.25, 0.3) is 0 Å². The van der Waals surface area contributed by atoms with E-state index in [1.807, 2.05) is 24.3 Å². The molecule has 180 valence electrons. The quantitative estimate of drug-likeness (QED) is 0.392. The molecule has 33 heavy (non-hydrogen) atoms. The molecule has 1 amide bonds. The minimum absolute atomic E-state index is 0.122. The zero-order chi connectivity index (χ0) is 24.8. The monoisotopic (exact) mass is 476 g/mol. The summed E-state index contributed by atoms with van der Waals surface area (Å²) in [5, 5.41) is 14.0. The van der Waals surface area contributed by atoms with Crippen LogP contribution < -0.4 is 14.5 Å². The summed E-state index contributed by atoms with van der Waals surface area (Å²) in [6.45, 7) is 9.54. The highest BCUT2D eigenvalue weighted by Gasteiger charge is 2.33. The summed E-state index contributed by atoms with van der Waals surface area (Å²) < 4.78 is 26.3. The number of carbonyl (C=O) groups is 1. The Balaban J connectivity index is 2.28. The highest BCUT2D eigenvalue weighted by atomic mass is 32.2. The number of nitro benzene ring substituents is 1. The molecular weight excluding hydrogens is 444 g/mol. The summed E-state index contributed by atoms with van der Waals surface area (Å²) in [6.07, 6.45) is 1.19. The molecule has 0 saturated carbocycles. The molecule has 1 N–H and O–H groups in total. The highest BCUT2D eigenvalue weighted by Crippen LogP contribution is 2.30. The van der Waals surface area contributed by atoms with E-state index >= 15 is 0 Å². The maximum atomic E-state index is 13.0. The van der Waals surface area contributed by atoms with Crippen LogP contribution in [-0.4, -0.2) is 44.6 Å². The van der Waals surface area contributed by atoms with Gasteiger partial charge >= 0.3 is 0 Å². The molecule has 2 aromatic rings. The molecule has 0 unspecified atom stereocenters. The van der Waals surface area contributed by atoms with E-state index in [2.05, 4.69) is 24.1 Å². The first-order valence-electron chi connectivity index (χ1n) is 10.9. The summed E-state index contributed by atoms with van der Waals surface area (Å²) in [4.78, 5) is 25.9. The predicted octanol–water partition coefficient (Wildman–Crippen LogP) is 3.61. The van der Waals surface area contributed by atoms with E-state index in [1.165, 1.54) is 18.2 Å². The number of benzene rings is 2. The molecule has 0 aliphatic heterocycles. The van der Waals surface area contributed by atoms with Gasteiger partial charge in [0, 0.05) is 37.5 Å². The standard InChI is InChI=1S/C23H32N4O5S/c1-6-21(23(28)24-16-18-10-13-19(14-11-18)25(7-2)8-3)26(33(5,31)32)22-15-20(27(29)30)12-9-17(22)4/h9-15,21H,6-8,16H2,1-5H3,(H,24,28)/t21-/m1/s1. The Hall–Kier alpha value is -3.14. The van der Waals surface area contributed by atoms with Gasteiger partial charge < -0.3 is 10.2 Å². The molecule has 0 aliphatic rings. The minimum Gasteiger partial charge on any atom is -0.372 e. The molecule has 0 fully saturated rings. The van der Waals surface area contributed by atoms with E-state index in [0.29, 0.717) is 5.56 Å². The zero-order valence-electron chi connectivity index (χ0n) is 19.7. The molecule has 0 aliphatic carbocycles. The lowest BCUT2D eigenvalue weighted by Crippen LogP contribution is -2.49. The molecule has 0 heterocycles. The van der Waals surface area contributed by atoms with Crippen LogP contribution in [0.5, 0.6) is 0 Å². The van der Waals surface area contributed by atoms with Crippen LogP contribution in [0.1, 0.15) is 38.3 Å². The molecule has 0 spiro atoms. The summed E-state index contributed by atoms with van der Waals surface area (Å²) in [7, 11) is -3.90. The Morgan fingerprint density at radius 1 is 1.09 bits per heavy atom. The number of anilines is 2. The second-order valence-corrected chi connectivity index (χ2v) is 9.63. The number of carbonyl (C=O) groups excluding carboxylic acids is 1. The van der Waals surface area contributed by atoms with Crippen LogP contribution >= 0.6 is 0 Å². The van der Waals surface area contributed by atoms with E-state index < -0.39 is 26.9 Å². The average molecular weight is 477 g/mol. The number of nitrogens with one attached hydrogen (secondary N) is 1. The van der Waals surface area contributed by atoms with Gasteiger partial charge in [-0.3, -0.25) is 19.2 Å². The predicted molar refractivity (Wildman–Crippen MR) is 131 cm³/mol. The van der Waals surface area contributed by atoms with Gasteiger partial charge in [0.2, 0.25) is 15.9 Å². The number of amides is 1. The topological polar surface area (TPSA) is 113 Å². The van der Waals surface area contributed by atoms with Gasteiger partial charge in [0.15, 0.2) is 0 Å². The Morgan fingerprint density at radius 3 is 2.18 bits per heavy atom. The van der Waals surface area contributed by atoms with Crippen molar-refractivity contribution in [1.82, 2.24) is 5.32 Å². The van der Waals surface area contributed by atoms with Crippen molar-refractivity contribution in [3.8, 4) is 0 Å². The van der Waals surface area contributed by atoms with Crippen molar-refractivity contribution in [2.45, 2.75) is 46.7 Å². The molecule has 0 saturated heterocycles. The smallest absolute Gasteiger partial charge is 0.271 e. The maximum Gasteiger partial charge on any atom is 0.271 e. The first-order chi connectivity index (χ1) is 15.5. The molecular formula is C23H32N4O5S. The number of nitrogens with zero attached hydrogens (tertiary/aromatic N) is 3. The van der Waals surface area contributed by atoms with E-state index in [4.69, 9.17) is 0 Å². The van der Waals surface area contributed by atoms with Crippen molar-refractivity contribution in [3.05, 3.63) is 63.7 Å². The SMILES string of the molecule is CC[C@H](C(=O)NCc1ccc(N(CC)CC)cc1)N(c1cc([N+](=O)[O-])ccc1C)S(C)(=O)=O. The number of sulfonamides is 1. The third kappa shape index (κ3) is 6.44. The number of hydrogen-bond donors (Lipinski definition) is 1. The van der Waals surface area contributed by atoms with Crippen molar-refractivity contribution < 1.29 is 18.1 Å². The van der Waals surface area contributed by atoms with Gasteiger partial charge in [0.1, 0.15) is 6.04 Å². The van der Waals surface area contributed by atoms with Gasteiger partial charge in [0.25, 0.3) is 5.69 Å². The molecule has 0 aromatic heterocycles. The Kier molecular flexibility index (Phi) is 8.81. The molecule has 10 heteroatoms. The lowest BCUT2D eigenvalue weighted by molar-refractivity contribution is -0.384. The van der Waals surface area contributed by atoms with Gasteiger partial charge in [-0.1, -0.05) is 25.1 Å². The number of nitro groups is 1. The van der Waals surface area contributed by atoms with Crippen molar-refractivity contribution in [3.63, 3.8) is 0 Å². The molecule has 1 atom stereocenters. The van der Waals surface area contributed by atoms with E-state index in [1.54, 1.807) is 13.8 Å². The summed E-state index contributed by atoms with van der Waals surface area (Å²) >= 11 is 0. The third-order valence-electron chi connectivity index (χ3n) is 5.50. The molecule has 2 rings (SSSR count). The first-order valence-corrected chi connectivity index (χ1v) is 12.7. The normalized spacial score (nSPS) is 12.2. The van der Waals surface area contributed by atoms with Gasteiger partial charge in [0.05, 0.1) is 16.9 Å². The van der Waals surface area contributed by atoms with Crippen molar-refractivity contribution in [2.75, 3.05) is 28.6 Å². The fourth-order valence-electron chi connectivity index (χ4n) is 3.70. The zero-order valence-corrected chi connectivity index (χ0v) is 20.6. The highest BCUT2D eigenvalue weighted by molar-refractivity contribution is 7.92. The molecule has 2 aromatic carbocycles. The van der Waals surface area contributed by atoms with Crippen LogP contribution in [0.2, 0.25) is 0 Å². The van der Waals surface area contributed by atoms with Gasteiger partial charge in [-0.15, -0.1) is 0 Å². The Morgan fingerprint density at radius 2 is 1.70 bits per heavy atom. The molecule has 9 nitrogen and oxygen atoms in total. The van der Waals surface area contributed by atoms with Gasteiger partial charge in [-0.05, 0) is 50.5 Å². The summed E-state index contributed by atoms with van der Waals surface area (Å²) in [6, 6.07) is 10.8. The lowest BCUT2D eigenvalue weighted by atomic mass is 10.1. The number of non-ortho nitro benzene ring substituents is 1. The Labute approximate surface area is 195 Å². The second-order valence-electron chi connectivity index (χ2n) is 7.77. The molecule has 0 bridgehead atoms. The minimum atomic E-state index is -3.90. The van der Waals surface area contributed by atoms with Gasteiger partial charge in [-0.2, -0.15) is 0 Å². The fraction of sp³-hybridized carbons (Fsp3) is 0.435. The van der Waals surface area contributed by atoms with Crippen molar-refractivity contribution >= 4 is 33.0 Å². The van der Waals surface area contributed by atoms with E-state index in [-0.39, 0.29) is 24.3 Å².